The third kappa shape index (κ3) is 4.29. The van der Waals surface area contributed by atoms with Crippen LogP contribution in [0.2, 0.25) is 0 Å². The quantitative estimate of drug-likeness (QED) is 0.834. The summed E-state index contributed by atoms with van der Waals surface area (Å²) in [6.07, 6.45) is 3.41. The van der Waals surface area contributed by atoms with E-state index in [-0.39, 0.29) is 11.9 Å². The molecular formula is C17H25N3O. The number of likely N-dealkylation sites (tertiary alicyclic amines) is 1. The van der Waals surface area contributed by atoms with Gasteiger partial charge in [0.1, 0.15) is 0 Å². The van der Waals surface area contributed by atoms with Gasteiger partial charge in [-0.3, -0.25) is 9.69 Å². The molecule has 0 radical (unpaired) electrons. The molecule has 0 aromatic heterocycles. The largest absolute Gasteiger partial charge is 0.352 e. The lowest BCUT2D eigenvalue weighted by Gasteiger charge is -2.20. The summed E-state index contributed by atoms with van der Waals surface area (Å²) in [7, 11) is 0. The lowest BCUT2D eigenvalue weighted by molar-refractivity contribution is -0.123. The molecule has 114 valence electrons. The monoisotopic (exact) mass is 287 g/mol. The molecule has 1 aliphatic heterocycles. The summed E-state index contributed by atoms with van der Waals surface area (Å²) < 4.78 is 0. The van der Waals surface area contributed by atoms with Gasteiger partial charge in [0.15, 0.2) is 0 Å². The Kier molecular flexibility index (Phi) is 4.56. The van der Waals surface area contributed by atoms with Crippen LogP contribution < -0.4 is 10.6 Å². The maximum absolute atomic E-state index is 12.0. The van der Waals surface area contributed by atoms with Crippen LogP contribution in [0.1, 0.15) is 31.7 Å². The highest BCUT2D eigenvalue weighted by Crippen LogP contribution is 2.19. The summed E-state index contributed by atoms with van der Waals surface area (Å²) in [5.74, 6) is 0.152. The average molecular weight is 287 g/mol. The average Bonchev–Trinajstić information content (AvgIpc) is 3.19. The highest BCUT2D eigenvalue weighted by molar-refractivity contribution is 5.81. The van der Waals surface area contributed by atoms with Crippen LogP contribution in [-0.2, 0) is 11.3 Å². The zero-order valence-corrected chi connectivity index (χ0v) is 12.7. The Morgan fingerprint density at radius 2 is 2.00 bits per heavy atom. The van der Waals surface area contributed by atoms with Crippen molar-refractivity contribution >= 4 is 5.91 Å². The Morgan fingerprint density at radius 3 is 2.71 bits per heavy atom. The number of carbonyl (C=O) groups is 1. The van der Waals surface area contributed by atoms with Crippen LogP contribution in [0.4, 0.5) is 0 Å². The van der Waals surface area contributed by atoms with Crippen molar-refractivity contribution in [3.8, 4) is 0 Å². The summed E-state index contributed by atoms with van der Waals surface area (Å²) >= 11 is 0. The van der Waals surface area contributed by atoms with Crippen molar-refractivity contribution in [2.75, 3.05) is 13.1 Å². The van der Waals surface area contributed by atoms with Gasteiger partial charge in [0, 0.05) is 31.7 Å². The first kappa shape index (κ1) is 14.5. The SMILES string of the molecule is CC(NC1CCN(Cc2ccccc2)C1)C(=O)NC1CC1. The van der Waals surface area contributed by atoms with E-state index < -0.39 is 0 Å². The van der Waals surface area contributed by atoms with Crippen molar-refractivity contribution in [3.05, 3.63) is 35.9 Å². The first-order chi connectivity index (χ1) is 10.2. The van der Waals surface area contributed by atoms with E-state index in [0.29, 0.717) is 12.1 Å². The van der Waals surface area contributed by atoms with Gasteiger partial charge in [-0.1, -0.05) is 30.3 Å². The molecule has 4 heteroatoms. The Labute approximate surface area is 126 Å². The van der Waals surface area contributed by atoms with Gasteiger partial charge in [-0.2, -0.15) is 0 Å². The van der Waals surface area contributed by atoms with E-state index in [2.05, 4.69) is 45.9 Å². The fraction of sp³-hybridized carbons (Fsp3) is 0.588. The van der Waals surface area contributed by atoms with Crippen LogP contribution in [0, 0.1) is 0 Å². The van der Waals surface area contributed by atoms with Crippen molar-refractivity contribution in [1.82, 2.24) is 15.5 Å². The molecule has 1 aromatic rings. The molecule has 2 fully saturated rings. The van der Waals surface area contributed by atoms with Gasteiger partial charge in [0.25, 0.3) is 0 Å². The van der Waals surface area contributed by atoms with Gasteiger partial charge in [0.2, 0.25) is 5.91 Å². The molecule has 1 amide bonds. The highest BCUT2D eigenvalue weighted by Gasteiger charge is 2.28. The van der Waals surface area contributed by atoms with E-state index in [1.165, 1.54) is 5.56 Å². The number of hydrogen-bond acceptors (Lipinski definition) is 3. The molecule has 21 heavy (non-hydrogen) atoms. The third-order valence-electron chi connectivity index (χ3n) is 4.32. The number of carbonyl (C=O) groups excluding carboxylic acids is 1. The number of rotatable bonds is 6. The second kappa shape index (κ2) is 6.58. The van der Waals surface area contributed by atoms with E-state index in [9.17, 15) is 4.79 Å². The molecule has 1 aromatic carbocycles. The van der Waals surface area contributed by atoms with Crippen LogP contribution in [0.3, 0.4) is 0 Å². The molecular weight excluding hydrogens is 262 g/mol. The summed E-state index contributed by atoms with van der Waals surface area (Å²) in [4.78, 5) is 14.4. The Balaban J connectivity index is 1.42. The highest BCUT2D eigenvalue weighted by atomic mass is 16.2. The molecule has 0 spiro atoms. The molecule has 2 unspecified atom stereocenters. The number of benzene rings is 1. The normalized spacial score (nSPS) is 24.0. The third-order valence-corrected chi connectivity index (χ3v) is 4.32. The van der Waals surface area contributed by atoms with Gasteiger partial charge in [0.05, 0.1) is 6.04 Å². The second-order valence-corrected chi connectivity index (χ2v) is 6.38. The van der Waals surface area contributed by atoms with Gasteiger partial charge in [-0.25, -0.2) is 0 Å². The van der Waals surface area contributed by atoms with Crippen LogP contribution in [0.25, 0.3) is 0 Å². The topological polar surface area (TPSA) is 44.4 Å². The molecule has 0 bridgehead atoms. The maximum atomic E-state index is 12.0. The van der Waals surface area contributed by atoms with Crippen LogP contribution in [0.5, 0.6) is 0 Å². The molecule has 3 rings (SSSR count). The van der Waals surface area contributed by atoms with Gasteiger partial charge < -0.3 is 10.6 Å². The van der Waals surface area contributed by atoms with Gasteiger partial charge >= 0.3 is 0 Å². The van der Waals surface area contributed by atoms with E-state index in [4.69, 9.17) is 0 Å². The molecule has 2 atom stereocenters. The van der Waals surface area contributed by atoms with E-state index in [0.717, 1.165) is 38.9 Å². The zero-order chi connectivity index (χ0) is 14.7. The molecule has 1 aliphatic carbocycles. The van der Waals surface area contributed by atoms with E-state index >= 15 is 0 Å². The molecule has 1 saturated heterocycles. The lowest BCUT2D eigenvalue weighted by atomic mass is 10.2. The number of nitrogens with one attached hydrogen (secondary N) is 2. The fourth-order valence-corrected chi connectivity index (χ4v) is 2.94. The minimum Gasteiger partial charge on any atom is -0.352 e. The molecule has 2 N–H and O–H groups in total. The van der Waals surface area contributed by atoms with Crippen LogP contribution in [0.15, 0.2) is 30.3 Å². The van der Waals surface area contributed by atoms with Gasteiger partial charge in [-0.05, 0) is 31.7 Å². The molecule has 4 nitrogen and oxygen atoms in total. The predicted octanol–water partition coefficient (Wildman–Crippen LogP) is 1.52. The summed E-state index contributed by atoms with van der Waals surface area (Å²) in [6, 6.07) is 11.4. The smallest absolute Gasteiger partial charge is 0.237 e. The Morgan fingerprint density at radius 1 is 1.24 bits per heavy atom. The first-order valence-electron chi connectivity index (χ1n) is 8.03. The Bertz CT molecular complexity index is 472. The van der Waals surface area contributed by atoms with Crippen molar-refractivity contribution in [2.24, 2.45) is 0 Å². The summed E-state index contributed by atoms with van der Waals surface area (Å²) in [6.45, 7) is 5.10. The molecule has 2 aliphatic rings. The number of nitrogens with zero attached hydrogens (tertiary/aromatic N) is 1. The van der Waals surface area contributed by atoms with Crippen molar-refractivity contribution in [3.63, 3.8) is 0 Å². The predicted molar refractivity (Wildman–Crippen MR) is 83.9 cm³/mol. The minimum atomic E-state index is -0.0905. The van der Waals surface area contributed by atoms with E-state index in [1.54, 1.807) is 0 Å². The van der Waals surface area contributed by atoms with Crippen molar-refractivity contribution in [2.45, 2.75) is 50.9 Å². The Hall–Kier alpha value is -1.39. The molecule has 1 saturated carbocycles. The minimum absolute atomic E-state index is 0.0905. The van der Waals surface area contributed by atoms with E-state index in [1.807, 2.05) is 6.92 Å². The fourth-order valence-electron chi connectivity index (χ4n) is 2.94. The number of amides is 1. The van der Waals surface area contributed by atoms with Gasteiger partial charge in [-0.15, -0.1) is 0 Å². The number of hydrogen-bond donors (Lipinski definition) is 2. The van der Waals surface area contributed by atoms with Crippen LogP contribution in [-0.4, -0.2) is 42.0 Å². The maximum Gasteiger partial charge on any atom is 0.237 e. The standard InChI is InChI=1S/C17H25N3O/c1-13(17(21)19-15-7-8-15)18-16-9-10-20(12-16)11-14-5-3-2-4-6-14/h2-6,13,15-16,18H,7-12H2,1H3,(H,19,21). The van der Waals surface area contributed by atoms with Crippen molar-refractivity contribution in [1.29, 1.82) is 0 Å². The summed E-state index contributed by atoms with van der Waals surface area (Å²) in [5.41, 5.74) is 1.36. The zero-order valence-electron chi connectivity index (χ0n) is 12.7. The van der Waals surface area contributed by atoms with Crippen LogP contribution >= 0.6 is 0 Å². The van der Waals surface area contributed by atoms with Crippen molar-refractivity contribution < 1.29 is 4.79 Å². The second-order valence-electron chi connectivity index (χ2n) is 6.38. The lowest BCUT2D eigenvalue weighted by Crippen LogP contribution is -2.47. The first-order valence-corrected chi connectivity index (χ1v) is 8.03. The summed E-state index contributed by atoms with van der Waals surface area (Å²) in [5, 5.41) is 6.54. The molecule has 1 heterocycles.